The molecule has 0 aliphatic heterocycles. The van der Waals surface area contributed by atoms with Crippen molar-refractivity contribution < 1.29 is 9.09 Å². The molecular formula is C15H22BrNO2PS+. The first-order valence-electron chi connectivity index (χ1n) is 7.05. The zero-order valence-electron chi connectivity index (χ0n) is 12.5. The Kier molecular flexibility index (Phi) is 10.2. The standard InChI is InChI=1S/C15H22BrNO2PS/c1-3-5-15(10-11-17-20(18)19-4-2)21-12-13-6-8-14(16)9-7-13/h6-10H,3-5,11-12H2,1-2H3,(H,17,18)/q+1. The van der Waals surface area contributed by atoms with Crippen LogP contribution in [0.5, 0.6) is 0 Å². The van der Waals surface area contributed by atoms with E-state index in [0.717, 1.165) is 23.1 Å². The van der Waals surface area contributed by atoms with Crippen LogP contribution >= 0.6 is 35.9 Å². The largest absolute Gasteiger partial charge is 0.613 e. The normalized spacial score (nSPS) is 12.5. The van der Waals surface area contributed by atoms with E-state index in [1.165, 1.54) is 10.5 Å². The van der Waals surface area contributed by atoms with Crippen molar-refractivity contribution in [1.29, 1.82) is 0 Å². The Morgan fingerprint density at radius 2 is 2.10 bits per heavy atom. The van der Waals surface area contributed by atoms with Gasteiger partial charge in [-0.25, -0.2) is 0 Å². The molecule has 0 aliphatic rings. The molecule has 0 radical (unpaired) electrons. The highest BCUT2D eigenvalue weighted by Gasteiger charge is 2.13. The predicted molar refractivity (Wildman–Crippen MR) is 95.7 cm³/mol. The second-order valence-corrected chi connectivity index (χ2v) is 7.48. The Hall–Kier alpha value is -0.190. The van der Waals surface area contributed by atoms with E-state index in [1.807, 2.05) is 18.7 Å². The molecule has 0 bridgehead atoms. The van der Waals surface area contributed by atoms with Gasteiger partial charge in [-0.2, -0.15) is 0 Å². The number of nitrogens with one attached hydrogen (secondary N) is 1. The fourth-order valence-electron chi connectivity index (χ4n) is 1.63. The molecule has 3 nitrogen and oxygen atoms in total. The monoisotopic (exact) mass is 390 g/mol. The zero-order valence-corrected chi connectivity index (χ0v) is 15.8. The lowest BCUT2D eigenvalue weighted by Crippen LogP contribution is -2.04. The first-order chi connectivity index (χ1) is 10.2. The molecule has 0 saturated heterocycles. The molecule has 0 aliphatic carbocycles. The number of allylic oxidation sites excluding steroid dienone is 1. The highest BCUT2D eigenvalue weighted by molar-refractivity contribution is 9.10. The smallest absolute Gasteiger partial charge is 0.130 e. The number of benzene rings is 1. The predicted octanol–water partition coefficient (Wildman–Crippen LogP) is 5.65. The van der Waals surface area contributed by atoms with Gasteiger partial charge in [0, 0.05) is 10.2 Å². The average Bonchev–Trinajstić information content (AvgIpc) is 2.46. The number of hydrogen-bond donors (Lipinski definition) is 1. The Balaban J connectivity index is 2.44. The van der Waals surface area contributed by atoms with Gasteiger partial charge in [0.25, 0.3) is 0 Å². The van der Waals surface area contributed by atoms with E-state index >= 15 is 0 Å². The SMILES string of the molecule is CCCC(=CCN[P+](=O)OCC)SCc1ccc(Br)cc1. The van der Waals surface area contributed by atoms with Gasteiger partial charge in [-0.15, -0.1) is 16.3 Å². The van der Waals surface area contributed by atoms with Gasteiger partial charge < -0.3 is 0 Å². The third kappa shape index (κ3) is 8.74. The van der Waals surface area contributed by atoms with E-state index in [0.29, 0.717) is 13.2 Å². The Bertz CT molecular complexity index is 465. The maximum atomic E-state index is 11.4. The first-order valence-corrected chi connectivity index (χ1v) is 10.0. The van der Waals surface area contributed by atoms with E-state index < -0.39 is 8.18 Å². The maximum absolute atomic E-state index is 11.4. The minimum Gasteiger partial charge on any atom is -0.130 e. The van der Waals surface area contributed by atoms with Gasteiger partial charge >= 0.3 is 8.18 Å². The summed E-state index contributed by atoms with van der Waals surface area (Å²) in [7, 11) is -1.74. The second-order valence-electron chi connectivity index (χ2n) is 4.37. The van der Waals surface area contributed by atoms with E-state index in [1.54, 1.807) is 0 Å². The zero-order chi connectivity index (χ0) is 15.5. The van der Waals surface area contributed by atoms with Crippen molar-refractivity contribution in [3.05, 3.63) is 45.3 Å². The highest BCUT2D eigenvalue weighted by Crippen LogP contribution is 2.26. The molecule has 1 aromatic carbocycles. The first kappa shape index (κ1) is 18.9. The summed E-state index contributed by atoms with van der Waals surface area (Å²) >= 11 is 5.28. The quantitative estimate of drug-likeness (QED) is 0.523. The highest BCUT2D eigenvalue weighted by atomic mass is 79.9. The topological polar surface area (TPSA) is 38.3 Å². The summed E-state index contributed by atoms with van der Waals surface area (Å²) in [5.41, 5.74) is 1.30. The molecule has 116 valence electrons. The summed E-state index contributed by atoms with van der Waals surface area (Å²) in [6.45, 7) is 5.05. The molecule has 1 atom stereocenters. The summed E-state index contributed by atoms with van der Waals surface area (Å²) in [5.74, 6) is 0.955. The van der Waals surface area contributed by atoms with Crippen LogP contribution in [0.3, 0.4) is 0 Å². The van der Waals surface area contributed by atoms with Crippen LogP contribution in [-0.2, 0) is 14.8 Å². The van der Waals surface area contributed by atoms with Crippen LogP contribution in [-0.4, -0.2) is 13.2 Å². The van der Waals surface area contributed by atoms with Gasteiger partial charge in [-0.3, -0.25) is 0 Å². The lowest BCUT2D eigenvalue weighted by atomic mass is 10.2. The molecule has 1 rings (SSSR count). The van der Waals surface area contributed by atoms with Crippen LogP contribution in [0.2, 0.25) is 0 Å². The molecule has 0 aromatic heterocycles. The van der Waals surface area contributed by atoms with Crippen molar-refractivity contribution in [2.45, 2.75) is 32.4 Å². The minimum absolute atomic E-state index is 0.464. The molecule has 0 fully saturated rings. The number of thioether (sulfide) groups is 1. The summed E-state index contributed by atoms with van der Waals surface area (Å²) in [6, 6.07) is 8.39. The van der Waals surface area contributed by atoms with Crippen molar-refractivity contribution in [3.63, 3.8) is 0 Å². The number of hydrogen-bond acceptors (Lipinski definition) is 3. The Morgan fingerprint density at radius 3 is 2.71 bits per heavy atom. The van der Waals surface area contributed by atoms with Gasteiger partial charge in [0.05, 0.1) is 6.54 Å². The molecule has 1 aromatic rings. The molecule has 0 saturated carbocycles. The lowest BCUT2D eigenvalue weighted by Gasteiger charge is -2.06. The third-order valence-electron chi connectivity index (χ3n) is 2.63. The van der Waals surface area contributed by atoms with E-state index in [4.69, 9.17) is 4.52 Å². The lowest BCUT2D eigenvalue weighted by molar-refractivity contribution is 0.344. The van der Waals surface area contributed by atoms with Crippen molar-refractivity contribution >= 4 is 35.9 Å². The molecule has 6 heteroatoms. The third-order valence-corrected chi connectivity index (χ3v) is 5.31. The summed E-state index contributed by atoms with van der Waals surface area (Å²) in [4.78, 5) is 1.33. The second kappa shape index (κ2) is 11.4. The summed E-state index contributed by atoms with van der Waals surface area (Å²) in [6.07, 6.45) is 4.27. The fourth-order valence-corrected chi connectivity index (χ4v) is 3.56. The Labute approximate surface area is 141 Å². The Morgan fingerprint density at radius 1 is 1.38 bits per heavy atom. The van der Waals surface area contributed by atoms with Gasteiger partial charge in [0.15, 0.2) is 0 Å². The van der Waals surface area contributed by atoms with Crippen LogP contribution < -0.4 is 5.09 Å². The summed E-state index contributed by atoms with van der Waals surface area (Å²) < 4.78 is 17.5. The van der Waals surface area contributed by atoms with Gasteiger partial charge in [-0.1, -0.05) is 52.6 Å². The van der Waals surface area contributed by atoms with Crippen molar-refractivity contribution in [1.82, 2.24) is 5.09 Å². The van der Waals surface area contributed by atoms with Crippen LogP contribution in [0.1, 0.15) is 32.3 Å². The molecule has 1 unspecified atom stereocenters. The van der Waals surface area contributed by atoms with Crippen molar-refractivity contribution in [2.75, 3.05) is 13.2 Å². The minimum atomic E-state index is -1.74. The van der Waals surface area contributed by atoms with Crippen LogP contribution in [0, 0.1) is 0 Å². The van der Waals surface area contributed by atoms with E-state index in [-0.39, 0.29) is 0 Å². The molecule has 1 N–H and O–H groups in total. The van der Waals surface area contributed by atoms with Gasteiger partial charge in [0.2, 0.25) is 0 Å². The van der Waals surface area contributed by atoms with Gasteiger partial charge in [-0.05, 0) is 40.5 Å². The average molecular weight is 391 g/mol. The fraction of sp³-hybridized carbons (Fsp3) is 0.467. The van der Waals surface area contributed by atoms with Crippen molar-refractivity contribution in [3.8, 4) is 0 Å². The summed E-state index contributed by atoms with van der Waals surface area (Å²) in [5, 5.41) is 2.87. The molecule has 21 heavy (non-hydrogen) atoms. The van der Waals surface area contributed by atoms with E-state index in [2.05, 4.69) is 58.3 Å². The molecule has 0 amide bonds. The van der Waals surface area contributed by atoms with Crippen LogP contribution in [0.25, 0.3) is 0 Å². The number of halogens is 1. The molecule has 0 spiro atoms. The van der Waals surface area contributed by atoms with Crippen LogP contribution in [0.15, 0.2) is 39.7 Å². The van der Waals surface area contributed by atoms with E-state index in [9.17, 15) is 4.57 Å². The van der Waals surface area contributed by atoms with Gasteiger partial charge in [0.1, 0.15) is 6.61 Å². The molecule has 0 heterocycles. The molecular weight excluding hydrogens is 369 g/mol. The number of rotatable bonds is 10. The maximum Gasteiger partial charge on any atom is 0.613 e. The van der Waals surface area contributed by atoms with Crippen molar-refractivity contribution in [2.24, 2.45) is 0 Å². The van der Waals surface area contributed by atoms with Crippen LogP contribution in [0.4, 0.5) is 0 Å².